The van der Waals surface area contributed by atoms with Crippen molar-refractivity contribution in [3.8, 4) is 11.6 Å². The first kappa shape index (κ1) is 22.7. The lowest BCUT2D eigenvalue weighted by Crippen LogP contribution is -2.32. The van der Waals surface area contributed by atoms with Gasteiger partial charge >= 0.3 is 0 Å². The van der Waals surface area contributed by atoms with Crippen LogP contribution in [0.4, 0.5) is 5.95 Å². The molecular formula is C24H24N6O4. The lowest BCUT2D eigenvalue weighted by atomic mass is 9.89. The Labute approximate surface area is 195 Å². The highest BCUT2D eigenvalue weighted by Gasteiger charge is 2.26. The van der Waals surface area contributed by atoms with Crippen LogP contribution in [0.3, 0.4) is 0 Å². The second-order valence-corrected chi connectivity index (χ2v) is 7.46. The fourth-order valence-electron chi connectivity index (χ4n) is 3.64. The minimum Gasteiger partial charge on any atom is -0.497 e. The number of ether oxygens (including phenoxy) is 1. The van der Waals surface area contributed by atoms with E-state index < -0.39 is 17.4 Å². The van der Waals surface area contributed by atoms with E-state index in [9.17, 15) is 14.7 Å². The van der Waals surface area contributed by atoms with Crippen LogP contribution in [0.25, 0.3) is 5.65 Å². The maximum Gasteiger partial charge on any atom is 0.265 e. The Balaban J connectivity index is 1.57. The molecule has 0 aliphatic heterocycles. The van der Waals surface area contributed by atoms with Gasteiger partial charge in [-0.05, 0) is 35.9 Å². The summed E-state index contributed by atoms with van der Waals surface area (Å²) < 4.78 is 6.57. The topological polar surface area (TPSA) is 131 Å². The molecule has 3 heterocycles. The van der Waals surface area contributed by atoms with Gasteiger partial charge in [0, 0.05) is 44.0 Å². The molecule has 1 aromatic carbocycles. The number of carbonyl (C=O) groups excluding carboxylic acids is 1. The summed E-state index contributed by atoms with van der Waals surface area (Å²) in [5, 5.41) is 16.5. The highest BCUT2D eigenvalue weighted by Crippen LogP contribution is 2.31. The van der Waals surface area contributed by atoms with Crippen LogP contribution in [-0.4, -0.2) is 50.6 Å². The third kappa shape index (κ3) is 5.12. The number of nitrogens with zero attached hydrogens (tertiary/aromatic N) is 4. The minimum atomic E-state index is -0.714. The number of amides is 1. The smallest absolute Gasteiger partial charge is 0.265 e. The molecule has 0 bridgehead atoms. The SMILES string of the molecule is COc1ccc(C(CC(=O)NCCNc2ncccn2)c2c(O)nc3ccccn3c2=O)cc1. The number of pyridine rings is 1. The van der Waals surface area contributed by atoms with Crippen molar-refractivity contribution in [3.63, 3.8) is 0 Å². The number of benzene rings is 1. The Hall–Kier alpha value is -4.47. The standard InChI is InChI=1S/C24H24N6O4/c1-34-17-8-6-16(7-9-17)18(15-20(31)25-12-13-28-24-26-10-4-11-27-24)21-22(32)29-19-5-2-3-14-30(19)23(21)33/h2-11,14,18,32H,12-13,15H2,1H3,(H,25,31)(H,26,27,28). The molecule has 3 aromatic heterocycles. The van der Waals surface area contributed by atoms with Crippen molar-refractivity contribution >= 4 is 17.5 Å². The molecule has 0 aliphatic rings. The second-order valence-electron chi connectivity index (χ2n) is 7.46. The fourth-order valence-corrected chi connectivity index (χ4v) is 3.64. The number of aromatic nitrogens is 4. The maximum absolute atomic E-state index is 13.3. The van der Waals surface area contributed by atoms with E-state index in [0.29, 0.717) is 36.0 Å². The largest absolute Gasteiger partial charge is 0.497 e. The van der Waals surface area contributed by atoms with E-state index in [-0.39, 0.29) is 17.9 Å². The molecule has 10 nitrogen and oxygen atoms in total. The number of aromatic hydroxyl groups is 1. The Morgan fingerprint density at radius 3 is 2.59 bits per heavy atom. The predicted molar refractivity (Wildman–Crippen MR) is 126 cm³/mol. The van der Waals surface area contributed by atoms with Crippen molar-refractivity contribution < 1.29 is 14.6 Å². The van der Waals surface area contributed by atoms with E-state index >= 15 is 0 Å². The molecule has 34 heavy (non-hydrogen) atoms. The summed E-state index contributed by atoms with van der Waals surface area (Å²) >= 11 is 0. The molecule has 0 aliphatic carbocycles. The first-order chi connectivity index (χ1) is 16.6. The van der Waals surface area contributed by atoms with Crippen LogP contribution in [-0.2, 0) is 4.79 Å². The summed E-state index contributed by atoms with van der Waals surface area (Å²) in [4.78, 5) is 38.4. The van der Waals surface area contributed by atoms with Crippen LogP contribution < -0.4 is 20.9 Å². The van der Waals surface area contributed by atoms with E-state index in [4.69, 9.17) is 4.74 Å². The predicted octanol–water partition coefficient (Wildman–Crippen LogP) is 1.95. The van der Waals surface area contributed by atoms with Gasteiger partial charge in [0.25, 0.3) is 5.56 Å². The van der Waals surface area contributed by atoms with Crippen LogP contribution in [0, 0.1) is 0 Å². The number of nitrogens with one attached hydrogen (secondary N) is 2. The summed E-state index contributed by atoms with van der Waals surface area (Å²) in [6.45, 7) is 0.752. The van der Waals surface area contributed by atoms with Crippen molar-refractivity contribution in [1.82, 2.24) is 24.7 Å². The normalized spacial score (nSPS) is 11.7. The Kier molecular flexibility index (Phi) is 6.97. The molecule has 0 saturated heterocycles. The average Bonchev–Trinajstić information content (AvgIpc) is 2.87. The molecule has 3 N–H and O–H groups in total. The number of methoxy groups -OCH3 is 1. The number of carbonyl (C=O) groups is 1. The Morgan fingerprint density at radius 2 is 1.85 bits per heavy atom. The highest BCUT2D eigenvalue weighted by molar-refractivity contribution is 5.77. The van der Waals surface area contributed by atoms with Gasteiger partial charge in [-0.15, -0.1) is 0 Å². The van der Waals surface area contributed by atoms with E-state index in [2.05, 4.69) is 25.6 Å². The molecule has 1 atom stereocenters. The molecule has 1 unspecified atom stereocenters. The number of rotatable bonds is 9. The summed E-state index contributed by atoms with van der Waals surface area (Å²) in [5.74, 6) is -0.290. The molecule has 174 valence electrons. The number of fused-ring (bicyclic) bond motifs is 1. The van der Waals surface area contributed by atoms with Crippen LogP contribution >= 0.6 is 0 Å². The number of hydrogen-bond donors (Lipinski definition) is 3. The highest BCUT2D eigenvalue weighted by atomic mass is 16.5. The van der Waals surface area contributed by atoms with Gasteiger partial charge in [-0.3, -0.25) is 14.0 Å². The molecule has 4 rings (SSSR count). The van der Waals surface area contributed by atoms with Crippen LogP contribution in [0.15, 0.2) is 71.9 Å². The molecular weight excluding hydrogens is 436 g/mol. The van der Waals surface area contributed by atoms with Gasteiger partial charge in [0.15, 0.2) is 0 Å². The van der Waals surface area contributed by atoms with Crippen molar-refractivity contribution in [1.29, 1.82) is 0 Å². The van der Waals surface area contributed by atoms with Crippen molar-refractivity contribution in [2.75, 3.05) is 25.5 Å². The number of anilines is 1. The van der Waals surface area contributed by atoms with E-state index in [0.717, 1.165) is 0 Å². The Morgan fingerprint density at radius 1 is 1.09 bits per heavy atom. The third-order valence-electron chi connectivity index (χ3n) is 5.30. The van der Waals surface area contributed by atoms with Gasteiger partial charge in [-0.2, -0.15) is 4.98 Å². The van der Waals surface area contributed by atoms with E-state index in [1.807, 2.05) is 0 Å². The lowest BCUT2D eigenvalue weighted by Gasteiger charge is -2.19. The van der Waals surface area contributed by atoms with Gasteiger partial charge in [-0.25, -0.2) is 9.97 Å². The molecule has 4 aromatic rings. The first-order valence-electron chi connectivity index (χ1n) is 10.7. The summed E-state index contributed by atoms with van der Waals surface area (Å²) in [6, 6.07) is 13.8. The van der Waals surface area contributed by atoms with Crippen molar-refractivity contribution in [3.05, 3.63) is 88.6 Å². The van der Waals surface area contributed by atoms with E-state index in [1.165, 1.54) is 4.40 Å². The summed E-state index contributed by atoms with van der Waals surface area (Å²) in [6.07, 6.45) is 4.76. The van der Waals surface area contributed by atoms with Crippen LogP contribution in [0.1, 0.15) is 23.5 Å². The van der Waals surface area contributed by atoms with E-state index in [1.54, 1.807) is 74.2 Å². The molecule has 0 saturated carbocycles. The second kappa shape index (κ2) is 10.4. The zero-order valence-electron chi connectivity index (χ0n) is 18.5. The zero-order chi connectivity index (χ0) is 23.9. The van der Waals surface area contributed by atoms with Crippen LogP contribution in [0.2, 0.25) is 0 Å². The quantitative estimate of drug-likeness (QED) is 0.323. The number of hydrogen-bond acceptors (Lipinski definition) is 8. The molecule has 10 heteroatoms. The van der Waals surface area contributed by atoms with Gasteiger partial charge in [0.2, 0.25) is 17.7 Å². The lowest BCUT2D eigenvalue weighted by molar-refractivity contribution is -0.121. The monoisotopic (exact) mass is 460 g/mol. The zero-order valence-corrected chi connectivity index (χ0v) is 18.5. The molecule has 0 spiro atoms. The van der Waals surface area contributed by atoms with Crippen molar-refractivity contribution in [2.24, 2.45) is 0 Å². The molecule has 0 fully saturated rings. The van der Waals surface area contributed by atoms with Gasteiger partial charge in [0.05, 0.1) is 12.7 Å². The summed E-state index contributed by atoms with van der Waals surface area (Å²) in [5.41, 5.74) is 0.622. The first-order valence-corrected chi connectivity index (χ1v) is 10.7. The van der Waals surface area contributed by atoms with Gasteiger partial charge < -0.3 is 20.5 Å². The average molecular weight is 460 g/mol. The third-order valence-corrected chi connectivity index (χ3v) is 5.30. The minimum absolute atomic E-state index is 0.0554. The van der Waals surface area contributed by atoms with Gasteiger partial charge in [0.1, 0.15) is 11.4 Å². The molecule has 1 amide bonds. The van der Waals surface area contributed by atoms with Crippen molar-refractivity contribution in [2.45, 2.75) is 12.3 Å². The van der Waals surface area contributed by atoms with Crippen LogP contribution in [0.5, 0.6) is 11.6 Å². The van der Waals surface area contributed by atoms with Gasteiger partial charge in [-0.1, -0.05) is 18.2 Å². The fraction of sp³-hybridized carbons (Fsp3) is 0.208. The summed E-state index contributed by atoms with van der Waals surface area (Å²) in [7, 11) is 1.56. The maximum atomic E-state index is 13.3. The Bertz CT molecular complexity index is 1330. The molecule has 0 radical (unpaired) electrons.